The van der Waals surface area contributed by atoms with Crippen LogP contribution in [0, 0.1) is 17.0 Å². The molecule has 0 radical (unpaired) electrons. The Morgan fingerprint density at radius 1 is 1.31 bits per heavy atom. The molecule has 2 aromatic carbocycles. The van der Waals surface area contributed by atoms with Crippen LogP contribution in [0.25, 0.3) is 6.08 Å². The molecule has 1 aliphatic heterocycles. The topological polar surface area (TPSA) is 75.5 Å². The lowest BCUT2D eigenvalue weighted by molar-refractivity contribution is -0.385. The number of thiocarbonyl (C=S) groups is 1. The Morgan fingerprint density at radius 2 is 2.04 bits per heavy atom. The van der Waals surface area contributed by atoms with Crippen LogP contribution in [0.4, 0.5) is 5.69 Å². The summed E-state index contributed by atoms with van der Waals surface area (Å²) in [6.45, 7) is 1.91. The lowest BCUT2D eigenvalue weighted by Crippen LogP contribution is -2.30. The number of nitrogens with one attached hydrogen (secondary N) is 1. The molecular weight excluding hydrogens is 374 g/mol. The normalized spacial score (nSPS) is 15.5. The highest BCUT2D eigenvalue weighted by Gasteiger charge is 2.31. The Hall–Kier alpha value is -2.77. The quantitative estimate of drug-likeness (QED) is 0.373. The van der Waals surface area contributed by atoms with Crippen molar-refractivity contribution in [3.8, 4) is 0 Å². The maximum Gasteiger partial charge on any atom is 0.276 e. The summed E-state index contributed by atoms with van der Waals surface area (Å²) < 4.78 is 0. The van der Waals surface area contributed by atoms with Crippen LogP contribution < -0.4 is 5.32 Å². The van der Waals surface area contributed by atoms with Crippen molar-refractivity contribution in [1.82, 2.24) is 10.2 Å². The van der Waals surface area contributed by atoms with Gasteiger partial charge in [-0.3, -0.25) is 19.8 Å². The van der Waals surface area contributed by atoms with E-state index in [1.54, 1.807) is 31.2 Å². The highest BCUT2D eigenvalue weighted by Crippen LogP contribution is 2.24. The second-order valence-electron chi connectivity index (χ2n) is 5.77. The van der Waals surface area contributed by atoms with E-state index in [2.05, 4.69) is 5.32 Å². The molecule has 1 aliphatic rings. The molecule has 0 unspecified atom stereocenters. The van der Waals surface area contributed by atoms with Crippen molar-refractivity contribution in [3.63, 3.8) is 0 Å². The Kier molecular flexibility index (Phi) is 5.01. The summed E-state index contributed by atoms with van der Waals surface area (Å²) in [5.74, 6) is -0.307. The number of hydrogen-bond acceptors (Lipinski definition) is 4. The molecule has 1 heterocycles. The molecule has 1 fully saturated rings. The van der Waals surface area contributed by atoms with E-state index >= 15 is 0 Å². The van der Waals surface area contributed by atoms with Crippen LogP contribution in [-0.4, -0.2) is 20.8 Å². The van der Waals surface area contributed by atoms with Crippen LogP contribution >= 0.6 is 23.8 Å². The van der Waals surface area contributed by atoms with Gasteiger partial charge in [-0.2, -0.15) is 0 Å². The first kappa shape index (κ1) is 18.0. The average molecular weight is 388 g/mol. The summed E-state index contributed by atoms with van der Waals surface area (Å²) in [6.07, 6.45) is 1.55. The number of nitro groups is 1. The minimum absolute atomic E-state index is 0.000274. The van der Waals surface area contributed by atoms with E-state index in [-0.39, 0.29) is 28.9 Å². The van der Waals surface area contributed by atoms with Gasteiger partial charge in [-0.25, -0.2) is 0 Å². The van der Waals surface area contributed by atoms with Gasteiger partial charge in [0.1, 0.15) is 5.70 Å². The zero-order chi connectivity index (χ0) is 18.8. The van der Waals surface area contributed by atoms with Crippen LogP contribution in [0.1, 0.15) is 16.7 Å². The number of rotatable bonds is 4. The molecule has 0 saturated carbocycles. The monoisotopic (exact) mass is 387 g/mol. The number of halogens is 1. The molecule has 1 N–H and O–H groups in total. The molecule has 6 nitrogen and oxygen atoms in total. The van der Waals surface area contributed by atoms with Crippen LogP contribution in [0.15, 0.2) is 48.2 Å². The van der Waals surface area contributed by atoms with Crippen molar-refractivity contribution in [2.75, 3.05) is 0 Å². The summed E-state index contributed by atoms with van der Waals surface area (Å²) >= 11 is 11.4. The average Bonchev–Trinajstić information content (AvgIpc) is 2.85. The van der Waals surface area contributed by atoms with E-state index in [4.69, 9.17) is 23.8 Å². The number of carbonyl (C=O) groups excluding carboxylic acids is 1. The van der Waals surface area contributed by atoms with Gasteiger partial charge < -0.3 is 5.32 Å². The number of carbonyl (C=O) groups is 1. The van der Waals surface area contributed by atoms with Gasteiger partial charge in [0, 0.05) is 16.7 Å². The van der Waals surface area contributed by atoms with Gasteiger partial charge in [-0.1, -0.05) is 41.9 Å². The van der Waals surface area contributed by atoms with Gasteiger partial charge in [0.05, 0.1) is 11.5 Å². The Balaban J connectivity index is 1.87. The standard InChI is InChI=1S/C18H14ClN3O3S/c1-11-6-7-12(9-16(11)22(24)25)8-15-17(23)21(18(26)20-15)10-13-4-2-3-5-14(13)19/h2-9H,10H2,1H3,(H,20,26)/b15-8-. The molecule has 2 aromatic rings. The van der Waals surface area contributed by atoms with Crippen molar-refractivity contribution in [1.29, 1.82) is 0 Å². The molecule has 0 aliphatic carbocycles. The fraction of sp³-hybridized carbons (Fsp3) is 0.111. The van der Waals surface area contributed by atoms with Gasteiger partial charge in [0.15, 0.2) is 5.11 Å². The predicted octanol–water partition coefficient (Wildman–Crippen LogP) is 3.81. The number of aryl methyl sites for hydroxylation is 1. The van der Waals surface area contributed by atoms with E-state index in [0.29, 0.717) is 16.1 Å². The number of nitrogens with zero attached hydrogens (tertiary/aromatic N) is 2. The molecule has 1 saturated heterocycles. The molecule has 0 atom stereocenters. The highest BCUT2D eigenvalue weighted by atomic mass is 35.5. The smallest absolute Gasteiger partial charge is 0.276 e. The van der Waals surface area contributed by atoms with E-state index < -0.39 is 4.92 Å². The van der Waals surface area contributed by atoms with E-state index in [1.165, 1.54) is 11.0 Å². The Bertz CT molecular complexity index is 958. The Labute approximate surface area is 160 Å². The molecular formula is C18H14ClN3O3S. The largest absolute Gasteiger partial charge is 0.328 e. The highest BCUT2D eigenvalue weighted by molar-refractivity contribution is 7.80. The third-order valence-electron chi connectivity index (χ3n) is 3.99. The van der Waals surface area contributed by atoms with E-state index in [1.807, 2.05) is 18.2 Å². The third-order valence-corrected chi connectivity index (χ3v) is 4.68. The number of benzene rings is 2. The van der Waals surface area contributed by atoms with Crippen LogP contribution in [0.2, 0.25) is 5.02 Å². The molecule has 8 heteroatoms. The van der Waals surface area contributed by atoms with Crippen LogP contribution in [0.3, 0.4) is 0 Å². The second kappa shape index (κ2) is 7.23. The predicted molar refractivity (Wildman–Crippen MR) is 104 cm³/mol. The Morgan fingerprint density at radius 3 is 2.73 bits per heavy atom. The fourth-order valence-electron chi connectivity index (χ4n) is 2.59. The summed E-state index contributed by atoms with van der Waals surface area (Å²) in [6, 6.07) is 12.0. The lowest BCUT2D eigenvalue weighted by atomic mass is 10.1. The maximum atomic E-state index is 12.7. The number of hydrogen-bond donors (Lipinski definition) is 1. The lowest BCUT2D eigenvalue weighted by Gasteiger charge is -2.14. The molecule has 0 bridgehead atoms. The van der Waals surface area contributed by atoms with E-state index in [0.717, 1.165) is 5.56 Å². The van der Waals surface area contributed by atoms with E-state index in [9.17, 15) is 14.9 Å². The summed E-state index contributed by atoms with van der Waals surface area (Å²) in [5, 5.41) is 14.8. The van der Waals surface area contributed by atoms with Crippen molar-refractivity contribution >= 4 is 46.6 Å². The van der Waals surface area contributed by atoms with Crippen molar-refractivity contribution in [2.24, 2.45) is 0 Å². The van der Waals surface area contributed by atoms with Crippen molar-refractivity contribution in [3.05, 3.63) is 80.0 Å². The molecule has 0 aromatic heterocycles. The summed E-state index contributed by atoms with van der Waals surface area (Å²) in [7, 11) is 0. The third kappa shape index (κ3) is 3.58. The van der Waals surface area contributed by atoms with Crippen LogP contribution in [0.5, 0.6) is 0 Å². The maximum absolute atomic E-state index is 12.7. The fourth-order valence-corrected chi connectivity index (χ4v) is 3.04. The molecule has 26 heavy (non-hydrogen) atoms. The number of amides is 1. The first-order chi connectivity index (χ1) is 12.4. The summed E-state index contributed by atoms with van der Waals surface area (Å²) in [4.78, 5) is 24.7. The van der Waals surface area contributed by atoms with Gasteiger partial charge in [0.2, 0.25) is 0 Å². The SMILES string of the molecule is Cc1ccc(/C=C2\NC(=S)N(Cc3ccccc3Cl)C2=O)cc1[N+](=O)[O-]. The van der Waals surface area contributed by atoms with Gasteiger partial charge in [0.25, 0.3) is 11.6 Å². The van der Waals surface area contributed by atoms with Crippen LogP contribution in [-0.2, 0) is 11.3 Å². The number of nitro benzene ring substituents is 1. The minimum atomic E-state index is -0.449. The second-order valence-corrected chi connectivity index (χ2v) is 6.57. The van der Waals surface area contributed by atoms with Gasteiger partial charge in [-0.15, -0.1) is 0 Å². The molecule has 0 spiro atoms. The molecule has 132 valence electrons. The van der Waals surface area contributed by atoms with Gasteiger partial charge >= 0.3 is 0 Å². The summed E-state index contributed by atoms with van der Waals surface area (Å²) in [5.41, 5.74) is 2.14. The first-order valence-electron chi connectivity index (χ1n) is 7.70. The zero-order valence-electron chi connectivity index (χ0n) is 13.7. The minimum Gasteiger partial charge on any atom is -0.328 e. The van der Waals surface area contributed by atoms with Crippen molar-refractivity contribution < 1.29 is 9.72 Å². The molecule has 3 rings (SSSR count). The molecule has 1 amide bonds. The van der Waals surface area contributed by atoms with Gasteiger partial charge in [-0.05, 0) is 42.4 Å². The van der Waals surface area contributed by atoms with Crippen molar-refractivity contribution in [2.45, 2.75) is 13.5 Å². The zero-order valence-corrected chi connectivity index (χ0v) is 15.3. The first-order valence-corrected chi connectivity index (χ1v) is 8.48.